The van der Waals surface area contributed by atoms with Gasteiger partial charge in [-0.1, -0.05) is 12.1 Å². The maximum Gasteiger partial charge on any atom is 0.254 e. The zero-order valence-electron chi connectivity index (χ0n) is 13.9. The average molecular weight is 441 g/mol. The molecule has 0 spiro atoms. The van der Waals surface area contributed by atoms with E-state index in [2.05, 4.69) is 15.9 Å². The van der Waals surface area contributed by atoms with Crippen LogP contribution in [0.25, 0.3) is 0 Å². The van der Waals surface area contributed by atoms with Crippen LogP contribution in [0.4, 0.5) is 0 Å². The Kier molecular flexibility index (Phi) is 5.22. The highest BCUT2D eigenvalue weighted by Gasteiger charge is 2.25. The van der Waals surface area contributed by atoms with Crippen molar-refractivity contribution in [2.75, 3.05) is 20.2 Å². The molecule has 1 heterocycles. The number of nitrogens with two attached hydrogens (primary N) is 1. The van der Waals surface area contributed by atoms with Gasteiger partial charge in [-0.25, -0.2) is 13.6 Å². The van der Waals surface area contributed by atoms with E-state index in [1.165, 1.54) is 23.1 Å². The number of benzene rings is 2. The molecule has 0 aliphatic carbocycles. The lowest BCUT2D eigenvalue weighted by Crippen LogP contribution is -2.41. The molecule has 7 nitrogen and oxygen atoms in total. The number of rotatable bonds is 4. The first-order chi connectivity index (χ1) is 12.3. The van der Waals surface area contributed by atoms with Crippen molar-refractivity contribution in [3.05, 3.63) is 52.5 Å². The molecule has 2 aromatic rings. The van der Waals surface area contributed by atoms with E-state index in [1.807, 2.05) is 18.2 Å². The van der Waals surface area contributed by atoms with Crippen molar-refractivity contribution in [2.24, 2.45) is 5.14 Å². The molecule has 0 saturated heterocycles. The van der Waals surface area contributed by atoms with E-state index >= 15 is 0 Å². The third kappa shape index (κ3) is 4.00. The van der Waals surface area contributed by atoms with E-state index in [0.717, 1.165) is 0 Å². The molecule has 1 unspecified atom stereocenters. The number of hydrogen-bond acceptors (Lipinski definition) is 5. The second-order valence-corrected chi connectivity index (χ2v) is 8.29. The maximum absolute atomic E-state index is 12.7. The Morgan fingerprint density at radius 1 is 1.27 bits per heavy atom. The minimum absolute atomic E-state index is 0.122. The smallest absolute Gasteiger partial charge is 0.254 e. The van der Waals surface area contributed by atoms with Crippen LogP contribution in [0.1, 0.15) is 10.4 Å². The highest BCUT2D eigenvalue weighted by Crippen LogP contribution is 2.31. The molecule has 0 radical (unpaired) electrons. The first-order valence-corrected chi connectivity index (χ1v) is 10.1. The summed E-state index contributed by atoms with van der Waals surface area (Å²) >= 11 is 3.27. The number of carbonyl (C=O) groups is 1. The van der Waals surface area contributed by atoms with Gasteiger partial charge >= 0.3 is 0 Å². The molecular formula is C17H17BrN2O5S. The van der Waals surface area contributed by atoms with Crippen LogP contribution in [0.15, 0.2) is 51.8 Å². The fourth-order valence-corrected chi connectivity index (χ4v) is 3.55. The van der Waals surface area contributed by atoms with Crippen LogP contribution in [0, 0.1) is 0 Å². The molecule has 0 bridgehead atoms. The van der Waals surface area contributed by atoms with E-state index in [0.29, 0.717) is 22.6 Å². The number of carbonyl (C=O) groups excluding carboxylic acids is 1. The van der Waals surface area contributed by atoms with Gasteiger partial charge in [0.15, 0.2) is 17.6 Å². The number of amides is 1. The van der Waals surface area contributed by atoms with Gasteiger partial charge in [0.2, 0.25) is 10.0 Å². The zero-order valence-corrected chi connectivity index (χ0v) is 16.3. The number of nitrogens with zero attached hydrogens (tertiary/aromatic N) is 1. The Morgan fingerprint density at radius 3 is 2.65 bits per heavy atom. The standard InChI is InChI=1S/C17H17BrN2O5S/c1-20(9-11-10-24-15-4-2-3-5-16(15)25-11)17(21)13-8-12(26(19,22)23)6-7-14(13)18/h2-8,11H,9-10H2,1H3,(H2,19,22,23). The number of halogens is 1. The topological polar surface area (TPSA) is 98.9 Å². The fourth-order valence-electron chi connectivity index (χ4n) is 2.59. The third-order valence-electron chi connectivity index (χ3n) is 3.89. The van der Waals surface area contributed by atoms with Crippen molar-refractivity contribution in [3.8, 4) is 11.5 Å². The van der Waals surface area contributed by atoms with Crippen LogP contribution in [-0.2, 0) is 10.0 Å². The quantitative estimate of drug-likeness (QED) is 0.783. The highest BCUT2D eigenvalue weighted by atomic mass is 79.9. The van der Waals surface area contributed by atoms with Crippen molar-refractivity contribution in [1.82, 2.24) is 4.90 Å². The van der Waals surface area contributed by atoms with E-state index in [9.17, 15) is 13.2 Å². The molecule has 1 amide bonds. The summed E-state index contributed by atoms with van der Waals surface area (Å²) < 4.78 is 35.0. The van der Waals surface area contributed by atoms with Gasteiger partial charge in [0.25, 0.3) is 5.91 Å². The van der Waals surface area contributed by atoms with Crippen molar-refractivity contribution < 1.29 is 22.7 Å². The van der Waals surface area contributed by atoms with Crippen molar-refractivity contribution in [2.45, 2.75) is 11.0 Å². The molecule has 0 aromatic heterocycles. The number of likely N-dealkylation sites (N-methyl/N-ethyl adjacent to an activating group) is 1. The number of fused-ring (bicyclic) bond motifs is 1. The largest absolute Gasteiger partial charge is 0.486 e. The SMILES string of the molecule is CN(CC1COc2ccccc2O1)C(=O)c1cc(S(N)(=O)=O)ccc1Br. The Morgan fingerprint density at radius 2 is 1.96 bits per heavy atom. The molecule has 1 aliphatic rings. The lowest BCUT2D eigenvalue weighted by molar-refractivity contribution is 0.0520. The second kappa shape index (κ2) is 7.26. The van der Waals surface area contributed by atoms with E-state index in [4.69, 9.17) is 14.6 Å². The van der Waals surface area contributed by atoms with Crippen LogP contribution in [0.2, 0.25) is 0 Å². The predicted octanol–water partition coefficient (Wildman–Crippen LogP) is 2.01. The molecule has 2 N–H and O–H groups in total. The summed E-state index contributed by atoms with van der Waals surface area (Å²) in [6.45, 7) is 0.590. The minimum Gasteiger partial charge on any atom is -0.486 e. The summed E-state index contributed by atoms with van der Waals surface area (Å²) in [4.78, 5) is 14.1. The summed E-state index contributed by atoms with van der Waals surface area (Å²) in [6, 6.07) is 11.4. The van der Waals surface area contributed by atoms with Gasteiger partial charge in [-0.15, -0.1) is 0 Å². The van der Waals surface area contributed by atoms with Gasteiger partial charge in [0.1, 0.15) is 6.61 Å². The summed E-state index contributed by atoms with van der Waals surface area (Å²) in [5.74, 6) is 0.938. The van der Waals surface area contributed by atoms with Crippen LogP contribution in [0.5, 0.6) is 11.5 Å². The maximum atomic E-state index is 12.7. The summed E-state index contributed by atoms with van der Waals surface area (Å²) in [5.41, 5.74) is 0.205. The highest BCUT2D eigenvalue weighted by molar-refractivity contribution is 9.10. The van der Waals surface area contributed by atoms with Crippen LogP contribution in [-0.4, -0.2) is 45.5 Å². The summed E-state index contributed by atoms with van der Waals surface area (Å²) in [7, 11) is -2.28. The zero-order chi connectivity index (χ0) is 18.9. The van der Waals surface area contributed by atoms with Crippen molar-refractivity contribution in [1.29, 1.82) is 0 Å². The number of sulfonamides is 1. The van der Waals surface area contributed by atoms with Gasteiger partial charge in [0, 0.05) is 11.5 Å². The molecule has 0 saturated carbocycles. The normalized spacial score (nSPS) is 16.2. The molecular weight excluding hydrogens is 424 g/mol. The number of primary sulfonamides is 1. The van der Waals surface area contributed by atoms with Crippen LogP contribution >= 0.6 is 15.9 Å². The minimum atomic E-state index is -3.90. The van der Waals surface area contributed by atoms with Crippen molar-refractivity contribution >= 4 is 31.9 Å². The Balaban J connectivity index is 1.75. The summed E-state index contributed by atoms with van der Waals surface area (Å²) in [6.07, 6.45) is -0.334. The third-order valence-corrected chi connectivity index (χ3v) is 5.49. The van der Waals surface area contributed by atoms with Gasteiger partial charge in [0.05, 0.1) is 17.0 Å². The molecule has 2 aromatic carbocycles. The van der Waals surface area contributed by atoms with Gasteiger partial charge in [-0.05, 0) is 46.3 Å². The number of ether oxygens (including phenoxy) is 2. The van der Waals surface area contributed by atoms with Crippen molar-refractivity contribution in [3.63, 3.8) is 0 Å². The Hall–Kier alpha value is -2.10. The monoisotopic (exact) mass is 440 g/mol. The second-order valence-electron chi connectivity index (χ2n) is 5.87. The molecule has 0 fully saturated rings. The molecule has 1 aliphatic heterocycles. The first-order valence-electron chi connectivity index (χ1n) is 7.72. The lowest BCUT2D eigenvalue weighted by atomic mass is 10.2. The predicted molar refractivity (Wildman–Crippen MR) is 98.8 cm³/mol. The molecule has 1 atom stereocenters. The van der Waals surface area contributed by atoms with Gasteiger partial charge < -0.3 is 14.4 Å². The Labute approximate surface area is 159 Å². The van der Waals surface area contributed by atoms with Crippen LogP contribution in [0.3, 0.4) is 0 Å². The van der Waals surface area contributed by atoms with Crippen LogP contribution < -0.4 is 14.6 Å². The van der Waals surface area contributed by atoms with E-state index in [-0.39, 0.29) is 29.0 Å². The summed E-state index contributed by atoms with van der Waals surface area (Å²) in [5, 5.41) is 5.14. The first kappa shape index (κ1) is 18.7. The van der Waals surface area contributed by atoms with Gasteiger partial charge in [-0.2, -0.15) is 0 Å². The Bertz CT molecular complexity index is 948. The molecule has 138 valence electrons. The number of para-hydroxylation sites is 2. The van der Waals surface area contributed by atoms with E-state index < -0.39 is 10.0 Å². The molecule has 3 rings (SSSR count). The lowest BCUT2D eigenvalue weighted by Gasteiger charge is -2.29. The van der Waals surface area contributed by atoms with Gasteiger partial charge in [-0.3, -0.25) is 4.79 Å². The average Bonchev–Trinajstić information content (AvgIpc) is 2.60. The van der Waals surface area contributed by atoms with E-state index in [1.54, 1.807) is 13.1 Å². The fraction of sp³-hybridized carbons (Fsp3) is 0.235. The molecule has 9 heteroatoms. The number of hydrogen-bond donors (Lipinski definition) is 1. The molecule has 26 heavy (non-hydrogen) atoms.